The minimum absolute atomic E-state index is 0.0663. The third-order valence-electron chi connectivity index (χ3n) is 3.12. The number of rotatable bonds is 3. The van der Waals surface area contributed by atoms with Gasteiger partial charge in [-0.1, -0.05) is 11.8 Å². The Balaban J connectivity index is 2.13. The molecule has 0 saturated heterocycles. The number of benzene rings is 1. The van der Waals surface area contributed by atoms with Gasteiger partial charge in [0.25, 0.3) is 5.91 Å². The molecular weight excluding hydrogens is 264 g/mol. The van der Waals surface area contributed by atoms with Crippen LogP contribution >= 0.6 is 0 Å². The summed E-state index contributed by atoms with van der Waals surface area (Å²) in [7, 11) is 1.83. The zero-order valence-electron chi connectivity index (χ0n) is 12.2. The number of hydrogen-bond acceptors (Lipinski definition) is 2. The highest BCUT2D eigenvalue weighted by Gasteiger charge is 2.10. The molecule has 1 amide bonds. The minimum Gasteiger partial charge on any atom is -0.395 e. The average Bonchev–Trinajstić information content (AvgIpc) is 2.88. The van der Waals surface area contributed by atoms with Gasteiger partial charge in [0.15, 0.2) is 0 Å². The van der Waals surface area contributed by atoms with Gasteiger partial charge in [0, 0.05) is 30.9 Å². The Kier molecular flexibility index (Phi) is 4.81. The number of nitrogens with one attached hydrogen (secondary N) is 1. The van der Waals surface area contributed by atoms with Crippen LogP contribution in [-0.4, -0.2) is 22.2 Å². The summed E-state index contributed by atoms with van der Waals surface area (Å²) >= 11 is 0. The number of hydrogen-bond donors (Lipinski definition) is 2. The Morgan fingerprint density at radius 2 is 2.19 bits per heavy atom. The SMILES string of the molecule is Cc1cc(C#CCCO)ccc1NC(=O)c1cccn1C. The molecule has 0 radical (unpaired) electrons. The molecule has 1 heterocycles. The lowest BCUT2D eigenvalue weighted by molar-refractivity contribution is 0.101. The number of aromatic nitrogens is 1. The summed E-state index contributed by atoms with van der Waals surface area (Å²) < 4.78 is 1.78. The molecule has 0 aliphatic rings. The van der Waals surface area contributed by atoms with Crippen LogP contribution in [-0.2, 0) is 7.05 Å². The van der Waals surface area contributed by atoms with E-state index in [2.05, 4.69) is 17.2 Å². The zero-order chi connectivity index (χ0) is 15.2. The average molecular weight is 282 g/mol. The Labute approximate surface area is 124 Å². The summed E-state index contributed by atoms with van der Waals surface area (Å²) in [4.78, 5) is 12.2. The molecule has 0 atom stereocenters. The number of nitrogens with zero attached hydrogens (tertiary/aromatic N) is 1. The Bertz CT molecular complexity index is 705. The molecule has 0 aliphatic heterocycles. The number of amides is 1. The van der Waals surface area contributed by atoms with Crippen LogP contribution in [0.4, 0.5) is 5.69 Å². The molecule has 1 aromatic carbocycles. The van der Waals surface area contributed by atoms with Crippen molar-refractivity contribution in [3.05, 3.63) is 53.3 Å². The first-order valence-electron chi connectivity index (χ1n) is 6.75. The van der Waals surface area contributed by atoms with E-state index in [4.69, 9.17) is 5.11 Å². The van der Waals surface area contributed by atoms with Gasteiger partial charge in [-0.25, -0.2) is 0 Å². The summed E-state index contributed by atoms with van der Waals surface area (Å²) in [6, 6.07) is 9.24. The fraction of sp³-hybridized carbons (Fsp3) is 0.235. The maximum Gasteiger partial charge on any atom is 0.272 e. The topological polar surface area (TPSA) is 54.3 Å². The number of carbonyl (C=O) groups is 1. The van der Waals surface area contributed by atoms with Crippen LogP contribution in [0.5, 0.6) is 0 Å². The Morgan fingerprint density at radius 3 is 2.81 bits per heavy atom. The van der Waals surface area contributed by atoms with E-state index in [9.17, 15) is 4.79 Å². The van der Waals surface area contributed by atoms with Crippen molar-refractivity contribution in [1.82, 2.24) is 4.57 Å². The lowest BCUT2D eigenvalue weighted by atomic mass is 10.1. The molecule has 108 valence electrons. The van der Waals surface area contributed by atoms with Crippen LogP contribution in [0.1, 0.15) is 28.0 Å². The number of aliphatic hydroxyl groups excluding tert-OH is 1. The summed E-state index contributed by atoms with van der Waals surface area (Å²) in [5.41, 5.74) is 3.21. The van der Waals surface area contributed by atoms with Crippen molar-refractivity contribution in [3.63, 3.8) is 0 Å². The summed E-state index contributed by atoms with van der Waals surface area (Å²) in [6.45, 7) is 1.99. The molecule has 0 saturated carbocycles. The molecule has 2 aromatic rings. The first-order chi connectivity index (χ1) is 10.1. The van der Waals surface area contributed by atoms with Crippen LogP contribution in [0.25, 0.3) is 0 Å². The number of carbonyl (C=O) groups excluding carboxylic acids is 1. The molecular formula is C17H18N2O2. The normalized spacial score (nSPS) is 9.86. The highest BCUT2D eigenvalue weighted by molar-refractivity contribution is 6.03. The highest BCUT2D eigenvalue weighted by Crippen LogP contribution is 2.17. The first kappa shape index (κ1) is 14.9. The molecule has 2 rings (SSSR count). The maximum atomic E-state index is 12.2. The third-order valence-corrected chi connectivity index (χ3v) is 3.12. The standard InChI is InChI=1S/C17H18N2O2/c1-13-12-14(6-3-4-11-20)8-9-15(13)18-17(21)16-7-5-10-19(16)2/h5,7-10,12,20H,4,11H2,1-2H3,(H,18,21). The lowest BCUT2D eigenvalue weighted by Crippen LogP contribution is -2.16. The van der Waals surface area contributed by atoms with E-state index in [1.807, 2.05) is 44.4 Å². The van der Waals surface area contributed by atoms with Crippen molar-refractivity contribution in [2.75, 3.05) is 11.9 Å². The van der Waals surface area contributed by atoms with Gasteiger partial charge in [-0.2, -0.15) is 0 Å². The fourth-order valence-electron chi connectivity index (χ4n) is 1.99. The third kappa shape index (κ3) is 3.74. The molecule has 21 heavy (non-hydrogen) atoms. The van der Waals surface area contributed by atoms with Gasteiger partial charge in [-0.05, 0) is 42.8 Å². The van der Waals surface area contributed by atoms with E-state index in [-0.39, 0.29) is 12.5 Å². The van der Waals surface area contributed by atoms with Crippen molar-refractivity contribution >= 4 is 11.6 Å². The molecule has 0 spiro atoms. The maximum absolute atomic E-state index is 12.2. The van der Waals surface area contributed by atoms with E-state index in [1.54, 1.807) is 10.6 Å². The van der Waals surface area contributed by atoms with E-state index in [0.717, 1.165) is 16.8 Å². The predicted molar refractivity (Wildman–Crippen MR) is 83.1 cm³/mol. The van der Waals surface area contributed by atoms with Crippen molar-refractivity contribution in [1.29, 1.82) is 0 Å². The van der Waals surface area contributed by atoms with Crippen LogP contribution in [0.2, 0.25) is 0 Å². The summed E-state index contributed by atoms with van der Waals surface area (Å²) in [6.07, 6.45) is 2.30. The van der Waals surface area contributed by atoms with Gasteiger partial charge in [-0.15, -0.1) is 0 Å². The molecule has 0 bridgehead atoms. The second-order valence-corrected chi connectivity index (χ2v) is 4.76. The second kappa shape index (κ2) is 6.78. The van der Waals surface area contributed by atoms with Crippen LogP contribution in [0.3, 0.4) is 0 Å². The van der Waals surface area contributed by atoms with Crippen molar-refractivity contribution < 1.29 is 9.90 Å². The lowest BCUT2D eigenvalue weighted by Gasteiger charge is -2.09. The first-order valence-corrected chi connectivity index (χ1v) is 6.75. The van der Waals surface area contributed by atoms with E-state index in [0.29, 0.717) is 12.1 Å². The minimum atomic E-state index is -0.135. The highest BCUT2D eigenvalue weighted by atomic mass is 16.2. The van der Waals surface area contributed by atoms with Gasteiger partial charge in [0.1, 0.15) is 5.69 Å². The van der Waals surface area contributed by atoms with Crippen LogP contribution < -0.4 is 5.32 Å². The molecule has 2 N–H and O–H groups in total. The molecule has 0 unspecified atom stereocenters. The van der Waals surface area contributed by atoms with E-state index >= 15 is 0 Å². The molecule has 4 heteroatoms. The monoisotopic (exact) mass is 282 g/mol. The molecule has 1 aromatic heterocycles. The largest absolute Gasteiger partial charge is 0.395 e. The summed E-state index contributed by atoms with van der Waals surface area (Å²) in [5.74, 6) is 5.72. The Morgan fingerprint density at radius 1 is 1.38 bits per heavy atom. The van der Waals surface area contributed by atoms with Crippen molar-refractivity contribution in [3.8, 4) is 11.8 Å². The van der Waals surface area contributed by atoms with E-state index in [1.165, 1.54) is 0 Å². The molecule has 4 nitrogen and oxygen atoms in total. The smallest absolute Gasteiger partial charge is 0.272 e. The van der Waals surface area contributed by atoms with Gasteiger partial charge in [0.2, 0.25) is 0 Å². The van der Waals surface area contributed by atoms with Gasteiger partial charge >= 0.3 is 0 Å². The number of aryl methyl sites for hydroxylation is 2. The van der Waals surface area contributed by atoms with Crippen molar-refractivity contribution in [2.45, 2.75) is 13.3 Å². The van der Waals surface area contributed by atoms with Crippen LogP contribution in [0, 0.1) is 18.8 Å². The summed E-state index contributed by atoms with van der Waals surface area (Å²) in [5, 5.41) is 11.6. The van der Waals surface area contributed by atoms with Gasteiger partial charge in [-0.3, -0.25) is 4.79 Å². The van der Waals surface area contributed by atoms with Gasteiger partial charge in [0.05, 0.1) is 6.61 Å². The number of aliphatic hydroxyl groups is 1. The predicted octanol–water partition coefficient (Wildman–Crippen LogP) is 2.32. The molecule has 0 fully saturated rings. The quantitative estimate of drug-likeness (QED) is 0.849. The number of anilines is 1. The second-order valence-electron chi connectivity index (χ2n) is 4.76. The Hall–Kier alpha value is -2.51. The zero-order valence-corrected chi connectivity index (χ0v) is 12.2. The van der Waals surface area contributed by atoms with Crippen molar-refractivity contribution in [2.24, 2.45) is 7.05 Å². The fourth-order valence-corrected chi connectivity index (χ4v) is 1.99. The van der Waals surface area contributed by atoms with Gasteiger partial charge < -0.3 is 15.0 Å². The molecule has 0 aliphatic carbocycles. The van der Waals surface area contributed by atoms with E-state index < -0.39 is 0 Å². The van der Waals surface area contributed by atoms with Crippen LogP contribution in [0.15, 0.2) is 36.5 Å².